The van der Waals surface area contributed by atoms with Gasteiger partial charge in [-0.15, -0.1) is 0 Å². The van der Waals surface area contributed by atoms with E-state index in [-0.39, 0.29) is 6.10 Å². The molecule has 1 saturated heterocycles. The highest BCUT2D eigenvalue weighted by Crippen LogP contribution is 2.42. The zero-order chi connectivity index (χ0) is 26.2. The van der Waals surface area contributed by atoms with E-state index in [2.05, 4.69) is 4.98 Å². The predicted octanol–water partition coefficient (Wildman–Crippen LogP) is 5.79. The summed E-state index contributed by atoms with van der Waals surface area (Å²) in [5, 5.41) is 12.0. The zero-order valence-electron chi connectivity index (χ0n) is 21.5. The lowest BCUT2D eigenvalue weighted by Crippen LogP contribution is -2.44. The van der Waals surface area contributed by atoms with Crippen LogP contribution in [-0.4, -0.2) is 28.4 Å². The molecule has 1 unspecified atom stereocenters. The first-order valence-electron chi connectivity index (χ1n) is 13.0. The number of aliphatic hydroxyl groups is 1. The monoisotopic (exact) mass is 511 g/mol. The Morgan fingerprint density at radius 3 is 1.82 bits per heavy atom. The second-order valence-electron chi connectivity index (χ2n) is 9.40. The second-order valence-corrected chi connectivity index (χ2v) is 9.40. The van der Waals surface area contributed by atoms with Gasteiger partial charge in [-0.2, -0.15) is 0 Å². The van der Waals surface area contributed by atoms with E-state index in [1.807, 2.05) is 97.9 Å². The minimum absolute atomic E-state index is 0.310. The van der Waals surface area contributed by atoms with E-state index in [1.165, 1.54) is 0 Å². The number of hydrogen-bond acceptors (Lipinski definition) is 6. The van der Waals surface area contributed by atoms with Crippen LogP contribution in [0.1, 0.15) is 35.6 Å². The maximum atomic E-state index is 12.0. The van der Waals surface area contributed by atoms with Crippen LogP contribution in [0.5, 0.6) is 5.88 Å². The second kappa shape index (κ2) is 12.3. The highest BCUT2D eigenvalue weighted by atomic mass is 16.7. The van der Waals surface area contributed by atoms with Gasteiger partial charge in [-0.3, -0.25) is 0 Å². The summed E-state index contributed by atoms with van der Waals surface area (Å²) in [7, 11) is 0. The molecule has 2 heterocycles. The SMILES string of the molecule is CC[C@H]1O[C@@](O)(c2ccc(OCc3ccccc3)nc2)[C@@H](OCc2ccccc2)C1OCc1ccccc1. The van der Waals surface area contributed by atoms with Gasteiger partial charge in [0, 0.05) is 17.8 Å². The summed E-state index contributed by atoms with van der Waals surface area (Å²) in [6.07, 6.45) is 0.625. The van der Waals surface area contributed by atoms with Crippen LogP contribution in [-0.2, 0) is 39.8 Å². The van der Waals surface area contributed by atoms with E-state index in [1.54, 1.807) is 18.3 Å². The van der Waals surface area contributed by atoms with Crippen LogP contribution in [0.2, 0.25) is 0 Å². The quantitative estimate of drug-likeness (QED) is 0.275. The van der Waals surface area contributed by atoms with Gasteiger partial charge in [0.15, 0.2) is 0 Å². The molecule has 1 fully saturated rings. The normalized spacial score (nSPS) is 22.8. The van der Waals surface area contributed by atoms with Crippen molar-refractivity contribution in [2.45, 2.75) is 57.3 Å². The molecule has 6 nitrogen and oxygen atoms in total. The average Bonchev–Trinajstić information content (AvgIpc) is 3.27. The Hall–Kier alpha value is -3.55. The molecular formula is C32H33NO5. The molecule has 6 heteroatoms. The molecule has 0 spiro atoms. The fourth-order valence-electron chi connectivity index (χ4n) is 4.67. The highest BCUT2D eigenvalue weighted by Gasteiger charge is 2.56. The molecule has 0 amide bonds. The molecule has 38 heavy (non-hydrogen) atoms. The third-order valence-electron chi connectivity index (χ3n) is 6.72. The largest absolute Gasteiger partial charge is 0.473 e. The number of hydrogen-bond donors (Lipinski definition) is 1. The van der Waals surface area contributed by atoms with Gasteiger partial charge in [0.25, 0.3) is 0 Å². The average molecular weight is 512 g/mol. The minimum Gasteiger partial charge on any atom is -0.473 e. The van der Waals surface area contributed by atoms with E-state index >= 15 is 0 Å². The summed E-state index contributed by atoms with van der Waals surface area (Å²) in [6.45, 7) is 3.12. The van der Waals surface area contributed by atoms with Gasteiger partial charge in [-0.1, -0.05) is 97.9 Å². The van der Waals surface area contributed by atoms with Gasteiger partial charge in [-0.25, -0.2) is 4.98 Å². The molecule has 1 N–H and O–H groups in total. The Morgan fingerprint density at radius 2 is 1.29 bits per heavy atom. The summed E-state index contributed by atoms with van der Waals surface area (Å²) < 4.78 is 24.9. The Morgan fingerprint density at radius 1 is 0.737 bits per heavy atom. The lowest BCUT2D eigenvalue weighted by atomic mass is 9.98. The van der Waals surface area contributed by atoms with Crippen LogP contribution in [0, 0.1) is 0 Å². The summed E-state index contributed by atoms with van der Waals surface area (Å²) in [5.74, 6) is -1.27. The van der Waals surface area contributed by atoms with Crippen molar-refractivity contribution in [2.24, 2.45) is 0 Å². The standard InChI is InChI=1S/C32H33NO5/c1-2-28-30(36-22-25-14-8-4-9-15-25)31(37-23-26-16-10-5-11-17-26)32(34,38-28)27-18-19-29(33-20-27)35-21-24-12-6-3-7-13-24/h3-20,28,30-31,34H,2,21-23H2,1H3/t28-,30?,31+,32+/m1/s1. The van der Waals surface area contributed by atoms with Crippen LogP contribution in [0.3, 0.4) is 0 Å². The molecule has 3 aromatic carbocycles. The van der Waals surface area contributed by atoms with Gasteiger partial charge >= 0.3 is 0 Å². The first-order chi connectivity index (χ1) is 18.7. The molecule has 0 radical (unpaired) electrons. The molecule has 0 aliphatic carbocycles. The van der Waals surface area contributed by atoms with Crippen molar-refractivity contribution in [2.75, 3.05) is 0 Å². The lowest BCUT2D eigenvalue weighted by molar-refractivity contribution is -0.250. The van der Waals surface area contributed by atoms with E-state index in [4.69, 9.17) is 18.9 Å². The minimum atomic E-state index is -1.73. The fourth-order valence-corrected chi connectivity index (χ4v) is 4.67. The molecule has 1 aliphatic heterocycles. The summed E-state index contributed by atoms with van der Waals surface area (Å²) in [6, 6.07) is 33.3. The third kappa shape index (κ3) is 6.11. The van der Waals surface area contributed by atoms with Gasteiger partial charge in [0.1, 0.15) is 18.8 Å². The van der Waals surface area contributed by atoms with Crippen LogP contribution < -0.4 is 4.74 Å². The molecule has 196 valence electrons. The summed E-state index contributed by atoms with van der Waals surface area (Å²) >= 11 is 0. The fraction of sp³-hybridized carbons (Fsp3) is 0.281. The Labute approximate surface area is 223 Å². The summed E-state index contributed by atoms with van der Waals surface area (Å²) in [5.41, 5.74) is 3.59. The van der Waals surface area contributed by atoms with E-state index in [0.29, 0.717) is 37.7 Å². The molecule has 1 aromatic heterocycles. The number of aromatic nitrogens is 1. The van der Waals surface area contributed by atoms with Crippen LogP contribution in [0.4, 0.5) is 0 Å². The number of rotatable bonds is 11. The van der Waals surface area contributed by atoms with Crippen molar-refractivity contribution >= 4 is 0 Å². The zero-order valence-corrected chi connectivity index (χ0v) is 21.5. The smallest absolute Gasteiger partial charge is 0.224 e. The van der Waals surface area contributed by atoms with Crippen molar-refractivity contribution in [3.63, 3.8) is 0 Å². The molecule has 0 bridgehead atoms. The third-order valence-corrected chi connectivity index (χ3v) is 6.72. The first-order valence-corrected chi connectivity index (χ1v) is 13.0. The summed E-state index contributed by atoms with van der Waals surface area (Å²) in [4.78, 5) is 4.45. The maximum absolute atomic E-state index is 12.0. The van der Waals surface area contributed by atoms with Crippen molar-refractivity contribution in [1.82, 2.24) is 4.98 Å². The van der Waals surface area contributed by atoms with Crippen molar-refractivity contribution in [1.29, 1.82) is 0 Å². The van der Waals surface area contributed by atoms with Gasteiger partial charge in [-0.05, 0) is 29.2 Å². The Bertz CT molecular complexity index is 1250. The van der Waals surface area contributed by atoms with Crippen molar-refractivity contribution < 1.29 is 24.1 Å². The molecule has 1 aliphatic rings. The first kappa shape index (κ1) is 26.1. The number of pyridine rings is 1. The van der Waals surface area contributed by atoms with E-state index < -0.39 is 18.0 Å². The molecule has 0 saturated carbocycles. The van der Waals surface area contributed by atoms with Crippen molar-refractivity contribution in [3.05, 3.63) is 132 Å². The number of nitrogens with zero attached hydrogens (tertiary/aromatic N) is 1. The molecule has 4 atom stereocenters. The molecular weight excluding hydrogens is 478 g/mol. The number of benzene rings is 3. The topological polar surface area (TPSA) is 70.0 Å². The van der Waals surface area contributed by atoms with Gasteiger partial charge < -0.3 is 24.1 Å². The van der Waals surface area contributed by atoms with E-state index in [0.717, 1.165) is 16.7 Å². The Kier molecular flexibility index (Phi) is 8.46. The van der Waals surface area contributed by atoms with Crippen molar-refractivity contribution in [3.8, 4) is 5.88 Å². The molecule has 4 aromatic rings. The lowest BCUT2D eigenvalue weighted by Gasteiger charge is -2.30. The van der Waals surface area contributed by atoms with Gasteiger partial charge in [0.05, 0.1) is 19.3 Å². The van der Waals surface area contributed by atoms with Crippen LogP contribution in [0.15, 0.2) is 109 Å². The Balaban J connectivity index is 1.36. The highest BCUT2D eigenvalue weighted by molar-refractivity contribution is 5.26. The number of ether oxygens (including phenoxy) is 4. The van der Waals surface area contributed by atoms with Crippen LogP contribution in [0.25, 0.3) is 0 Å². The van der Waals surface area contributed by atoms with Gasteiger partial charge in [0.2, 0.25) is 11.7 Å². The van der Waals surface area contributed by atoms with Crippen LogP contribution >= 0.6 is 0 Å². The maximum Gasteiger partial charge on any atom is 0.224 e. The molecule has 5 rings (SSSR count). The predicted molar refractivity (Wildman–Crippen MR) is 144 cm³/mol. The van der Waals surface area contributed by atoms with E-state index in [9.17, 15) is 5.11 Å².